The van der Waals surface area contributed by atoms with Crippen LogP contribution in [0.25, 0.3) is 0 Å². The summed E-state index contributed by atoms with van der Waals surface area (Å²) in [6, 6.07) is 1.01. The predicted molar refractivity (Wildman–Crippen MR) is 95.0 cm³/mol. The molecule has 5 heteroatoms. The summed E-state index contributed by atoms with van der Waals surface area (Å²) < 4.78 is 0. The Morgan fingerprint density at radius 3 is 2.50 bits per heavy atom. The summed E-state index contributed by atoms with van der Waals surface area (Å²) in [5.74, 6) is 0.889. The lowest BCUT2D eigenvalue weighted by molar-refractivity contribution is 0.0673. The highest BCUT2D eigenvalue weighted by Gasteiger charge is 2.32. The fourth-order valence-corrected chi connectivity index (χ4v) is 4.18. The van der Waals surface area contributed by atoms with Gasteiger partial charge in [-0.15, -0.1) is 0 Å². The fourth-order valence-electron chi connectivity index (χ4n) is 4.18. The average molecular weight is 330 g/mol. The second kappa shape index (κ2) is 7.60. The van der Waals surface area contributed by atoms with Gasteiger partial charge in [0, 0.05) is 26.3 Å². The minimum absolute atomic E-state index is 0.0215. The number of carbonyl (C=O) groups excluding carboxylic acids is 1. The van der Waals surface area contributed by atoms with Gasteiger partial charge in [-0.05, 0) is 39.2 Å². The number of nitrogens with zero attached hydrogens (tertiary/aromatic N) is 4. The van der Waals surface area contributed by atoms with E-state index in [9.17, 15) is 4.79 Å². The smallest absolute Gasteiger partial charge is 0.256 e. The summed E-state index contributed by atoms with van der Waals surface area (Å²) in [7, 11) is 3.53. The van der Waals surface area contributed by atoms with Crippen molar-refractivity contribution in [3.05, 3.63) is 23.3 Å². The quantitative estimate of drug-likeness (QED) is 0.853. The molecule has 132 valence electrons. The first kappa shape index (κ1) is 17.3. The lowest BCUT2D eigenvalue weighted by atomic mass is 9.90. The molecule has 0 radical (unpaired) electrons. The monoisotopic (exact) mass is 330 g/mol. The summed E-state index contributed by atoms with van der Waals surface area (Å²) in [6.07, 6.45) is 12.1. The molecule has 24 heavy (non-hydrogen) atoms. The molecule has 1 aromatic heterocycles. The van der Waals surface area contributed by atoms with Crippen LogP contribution < -0.4 is 0 Å². The summed E-state index contributed by atoms with van der Waals surface area (Å²) in [6.45, 7) is 3.09. The topological polar surface area (TPSA) is 49.3 Å². The van der Waals surface area contributed by atoms with Crippen molar-refractivity contribution in [2.45, 2.75) is 70.4 Å². The van der Waals surface area contributed by atoms with Crippen molar-refractivity contribution in [3.8, 4) is 0 Å². The van der Waals surface area contributed by atoms with E-state index in [4.69, 9.17) is 4.98 Å². The number of carbonyl (C=O) groups is 1. The molecule has 1 amide bonds. The second-order valence-corrected chi connectivity index (χ2v) is 7.47. The van der Waals surface area contributed by atoms with Gasteiger partial charge in [-0.3, -0.25) is 9.69 Å². The maximum atomic E-state index is 12.2. The third-order valence-corrected chi connectivity index (χ3v) is 5.52. The van der Waals surface area contributed by atoms with Crippen LogP contribution in [-0.4, -0.2) is 52.4 Å². The first-order valence-electron chi connectivity index (χ1n) is 9.39. The van der Waals surface area contributed by atoms with Crippen LogP contribution >= 0.6 is 0 Å². The zero-order valence-corrected chi connectivity index (χ0v) is 15.3. The second-order valence-electron chi connectivity index (χ2n) is 7.47. The molecule has 2 aliphatic rings. The molecule has 1 aliphatic heterocycles. The number of hydrogen-bond donors (Lipinski definition) is 0. The Morgan fingerprint density at radius 1 is 1.12 bits per heavy atom. The Labute approximate surface area is 145 Å². The molecule has 0 aromatic carbocycles. The average Bonchev–Trinajstić information content (AvgIpc) is 2.61. The molecule has 1 saturated heterocycles. The number of likely N-dealkylation sites (tertiary alicyclic amines) is 1. The van der Waals surface area contributed by atoms with Crippen LogP contribution in [0, 0.1) is 6.92 Å². The Hall–Kier alpha value is -1.49. The highest BCUT2D eigenvalue weighted by molar-refractivity contribution is 5.94. The normalized spacial score (nSPS) is 23.2. The summed E-state index contributed by atoms with van der Waals surface area (Å²) in [5.41, 5.74) is 1.41. The minimum atomic E-state index is -0.0215. The highest BCUT2D eigenvalue weighted by Crippen LogP contribution is 2.35. The minimum Gasteiger partial charge on any atom is -0.345 e. The molecule has 1 aromatic rings. The van der Waals surface area contributed by atoms with E-state index >= 15 is 0 Å². The highest BCUT2D eigenvalue weighted by atomic mass is 16.2. The van der Waals surface area contributed by atoms with E-state index in [1.807, 2.05) is 6.92 Å². The van der Waals surface area contributed by atoms with Crippen molar-refractivity contribution < 1.29 is 4.79 Å². The summed E-state index contributed by atoms with van der Waals surface area (Å²) in [5, 5.41) is 0. The van der Waals surface area contributed by atoms with E-state index in [1.165, 1.54) is 44.9 Å². The molecular weight excluding hydrogens is 300 g/mol. The number of aromatic nitrogens is 2. The molecule has 1 saturated carbocycles. The van der Waals surface area contributed by atoms with E-state index in [2.05, 4.69) is 9.88 Å². The van der Waals surface area contributed by atoms with Crippen LogP contribution in [0.2, 0.25) is 0 Å². The molecule has 1 atom stereocenters. The lowest BCUT2D eigenvalue weighted by Gasteiger charge is -2.42. The molecule has 1 aliphatic carbocycles. The molecule has 0 spiro atoms. The van der Waals surface area contributed by atoms with Gasteiger partial charge in [0.2, 0.25) is 0 Å². The van der Waals surface area contributed by atoms with Crippen molar-refractivity contribution in [1.82, 2.24) is 19.8 Å². The molecule has 3 rings (SSSR count). The van der Waals surface area contributed by atoms with Gasteiger partial charge in [0.1, 0.15) is 5.82 Å². The van der Waals surface area contributed by atoms with E-state index in [-0.39, 0.29) is 5.91 Å². The molecule has 2 fully saturated rings. The van der Waals surface area contributed by atoms with Gasteiger partial charge in [-0.2, -0.15) is 0 Å². The standard InChI is InChI=1S/C19H30N4O/c1-14-16(19(24)22(2)3)13-20-18(21-14)17-11-7-8-12-23(17)15-9-5-4-6-10-15/h13,15,17H,4-12H2,1-3H3. The molecule has 5 nitrogen and oxygen atoms in total. The first-order chi connectivity index (χ1) is 11.6. The van der Waals surface area contributed by atoms with Crippen LogP contribution in [0.3, 0.4) is 0 Å². The van der Waals surface area contributed by atoms with Gasteiger partial charge in [0.15, 0.2) is 0 Å². The fraction of sp³-hybridized carbons (Fsp3) is 0.737. The largest absolute Gasteiger partial charge is 0.345 e. The van der Waals surface area contributed by atoms with Crippen molar-refractivity contribution in [2.75, 3.05) is 20.6 Å². The molecule has 1 unspecified atom stereocenters. The number of rotatable bonds is 3. The molecule has 2 heterocycles. The third-order valence-electron chi connectivity index (χ3n) is 5.52. The molecule has 0 bridgehead atoms. The van der Waals surface area contributed by atoms with Crippen molar-refractivity contribution in [3.63, 3.8) is 0 Å². The first-order valence-corrected chi connectivity index (χ1v) is 9.39. The van der Waals surface area contributed by atoms with Gasteiger partial charge in [-0.25, -0.2) is 9.97 Å². The van der Waals surface area contributed by atoms with Gasteiger partial charge in [0.05, 0.1) is 17.3 Å². The number of aryl methyl sites for hydroxylation is 1. The van der Waals surface area contributed by atoms with E-state index in [0.717, 1.165) is 24.5 Å². The zero-order valence-electron chi connectivity index (χ0n) is 15.3. The van der Waals surface area contributed by atoms with Gasteiger partial charge in [-0.1, -0.05) is 25.7 Å². The van der Waals surface area contributed by atoms with E-state index < -0.39 is 0 Å². The Morgan fingerprint density at radius 2 is 1.83 bits per heavy atom. The molecular formula is C19H30N4O. The number of amides is 1. The van der Waals surface area contributed by atoms with Gasteiger partial charge < -0.3 is 4.90 Å². The van der Waals surface area contributed by atoms with Gasteiger partial charge >= 0.3 is 0 Å². The Kier molecular flexibility index (Phi) is 5.49. The van der Waals surface area contributed by atoms with Crippen molar-refractivity contribution >= 4 is 5.91 Å². The van der Waals surface area contributed by atoms with Crippen molar-refractivity contribution in [1.29, 1.82) is 0 Å². The summed E-state index contributed by atoms with van der Waals surface area (Å²) >= 11 is 0. The SMILES string of the molecule is Cc1nc(C2CCCCN2C2CCCCC2)ncc1C(=O)N(C)C. The zero-order chi connectivity index (χ0) is 17.1. The predicted octanol–water partition coefficient (Wildman–Crippen LogP) is 3.35. The van der Waals surface area contributed by atoms with Crippen LogP contribution in [0.4, 0.5) is 0 Å². The third kappa shape index (κ3) is 3.61. The Balaban J connectivity index is 1.82. The van der Waals surface area contributed by atoms with Crippen LogP contribution in [0.5, 0.6) is 0 Å². The summed E-state index contributed by atoms with van der Waals surface area (Å²) in [4.78, 5) is 25.8. The molecule has 0 N–H and O–H groups in total. The van der Waals surface area contributed by atoms with Crippen molar-refractivity contribution in [2.24, 2.45) is 0 Å². The van der Waals surface area contributed by atoms with Crippen LogP contribution in [0.1, 0.15) is 79.3 Å². The number of piperidine rings is 1. The van der Waals surface area contributed by atoms with Gasteiger partial charge in [0.25, 0.3) is 5.91 Å². The maximum Gasteiger partial charge on any atom is 0.256 e. The Bertz CT molecular complexity index is 581. The lowest BCUT2D eigenvalue weighted by Crippen LogP contribution is -2.43. The maximum absolute atomic E-state index is 12.2. The van der Waals surface area contributed by atoms with Crippen LogP contribution in [0.15, 0.2) is 6.20 Å². The van der Waals surface area contributed by atoms with E-state index in [1.54, 1.807) is 25.2 Å². The van der Waals surface area contributed by atoms with E-state index in [0.29, 0.717) is 17.6 Å². The van der Waals surface area contributed by atoms with Crippen LogP contribution in [-0.2, 0) is 0 Å². The number of hydrogen-bond acceptors (Lipinski definition) is 4.